The Bertz CT molecular complexity index is 2150. The van der Waals surface area contributed by atoms with Gasteiger partial charge < -0.3 is 9.32 Å². The van der Waals surface area contributed by atoms with Gasteiger partial charge in [0, 0.05) is 22.1 Å². The number of para-hydroxylation sites is 2. The van der Waals surface area contributed by atoms with E-state index in [0.29, 0.717) is 0 Å². The lowest BCUT2D eigenvalue weighted by atomic mass is 9.98. The van der Waals surface area contributed by atoms with Crippen molar-refractivity contribution in [2.75, 3.05) is 4.90 Å². The van der Waals surface area contributed by atoms with Gasteiger partial charge in [0.25, 0.3) is 0 Å². The average molecular weight is 512 g/mol. The van der Waals surface area contributed by atoms with Gasteiger partial charge in [0.2, 0.25) is 0 Å². The fraction of sp³-hybridized carbons (Fsp3) is 0. The van der Waals surface area contributed by atoms with Crippen LogP contribution >= 0.6 is 0 Å². The summed E-state index contributed by atoms with van der Waals surface area (Å²) in [7, 11) is 0. The molecule has 0 amide bonds. The minimum atomic E-state index is 0.891. The van der Waals surface area contributed by atoms with Gasteiger partial charge in [-0.25, -0.2) is 0 Å². The molecule has 40 heavy (non-hydrogen) atoms. The predicted octanol–water partition coefficient (Wildman–Crippen LogP) is 11.0. The van der Waals surface area contributed by atoms with Gasteiger partial charge >= 0.3 is 0 Å². The number of hydrogen-bond donors (Lipinski definition) is 0. The van der Waals surface area contributed by atoms with E-state index in [9.17, 15) is 0 Å². The summed E-state index contributed by atoms with van der Waals surface area (Å²) in [5, 5.41) is 7.18. The molecule has 1 heterocycles. The zero-order valence-electron chi connectivity index (χ0n) is 21.8. The maximum Gasteiger partial charge on any atom is 0.160 e. The van der Waals surface area contributed by atoms with E-state index in [1.54, 1.807) is 0 Å². The molecule has 0 radical (unpaired) electrons. The minimum Gasteiger partial charge on any atom is -0.454 e. The lowest BCUT2D eigenvalue weighted by Crippen LogP contribution is -2.10. The van der Waals surface area contributed by atoms with E-state index in [0.717, 1.165) is 39.0 Å². The molecule has 8 aromatic rings. The van der Waals surface area contributed by atoms with Crippen LogP contribution in [0.25, 0.3) is 54.6 Å². The molecule has 1 aromatic heterocycles. The second-order valence-electron chi connectivity index (χ2n) is 10.2. The van der Waals surface area contributed by atoms with Crippen LogP contribution in [0.2, 0.25) is 0 Å². The normalized spacial score (nSPS) is 11.5. The third kappa shape index (κ3) is 3.58. The summed E-state index contributed by atoms with van der Waals surface area (Å²) in [6.07, 6.45) is 0. The molecule has 0 aliphatic rings. The van der Waals surface area contributed by atoms with E-state index in [1.807, 2.05) is 6.07 Å². The van der Waals surface area contributed by atoms with Crippen molar-refractivity contribution < 1.29 is 4.42 Å². The van der Waals surface area contributed by atoms with E-state index in [4.69, 9.17) is 4.42 Å². The van der Waals surface area contributed by atoms with Gasteiger partial charge in [0.1, 0.15) is 5.58 Å². The molecule has 0 saturated carbocycles. The van der Waals surface area contributed by atoms with Gasteiger partial charge in [-0.1, -0.05) is 115 Å². The molecule has 7 aromatic carbocycles. The number of fused-ring (bicyclic) bond motifs is 6. The lowest BCUT2D eigenvalue weighted by Gasteiger charge is -2.26. The fourth-order valence-electron chi connectivity index (χ4n) is 5.99. The van der Waals surface area contributed by atoms with Crippen molar-refractivity contribution in [3.05, 3.63) is 152 Å². The van der Waals surface area contributed by atoms with E-state index in [-0.39, 0.29) is 0 Å². The Morgan fingerprint density at radius 1 is 0.450 bits per heavy atom. The highest BCUT2D eigenvalue weighted by molar-refractivity contribution is 6.23. The standard InChI is InChI=1S/C38H25NO/c1-2-14-29(15-3-1)39(30-23-21-27(22-24-30)32-19-10-13-26-11-4-6-16-31(26)32)35-25-28-12-5-7-17-33(28)37-34-18-8-9-20-36(34)40-38(35)37/h1-25H. The number of furan rings is 1. The van der Waals surface area contributed by atoms with E-state index in [2.05, 4.69) is 150 Å². The maximum absolute atomic E-state index is 6.62. The summed E-state index contributed by atoms with van der Waals surface area (Å²) in [6.45, 7) is 0. The van der Waals surface area contributed by atoms with E-state index < -0.39 is 0 Å². The highest BCUT2D eigenvalue weighted by Crippen LogP contribution is 2.45. The van der Waals surface area contributed by atoms with Crippen molar-refractivity contribution in [2.24, 2.45) is 0 Å². The monoisotopic (exact) mass is 511 g/mol. The number of anilines is 3. The SMILES string of the molecule is c1ccc(N(c2ccc(-c3cccc4ccccc34)cc2)c2cc3ccccc3c3c2oc2ccccc23)cc1. The number of hydrogen-bond acceptors (Lipinski definition) is 2. The lowest BCUT2D eigenvalue weighted by molar-refractivity contribution is 0.669. The molecule has 0 N–H and O–H groups in total. The predicted molar refractivity (Wildman–Crippen MR) is 169 cm³/mol. The quantitative estimate of drug-likeness (QED) is 0.234. The van der Waals surface area contributed by atoms with Crippen molar-refractivity contribution in [2.45, 2.75) is 0 Å². The Balaban J connectivity index is 1.37. The average Bonchev–Trinajstić information content (AvgIpc) is 3.42. The molecule has 0 atom stereocenters. The Labute approximate surface area is 232 Å². The van der Waals surface area contributed by atoms with Crippen LogP contribution in [-0.2, 0) is 0 Å². The Kier molecular flexibility index (Phi) is 5.17. The molecule has 0 aliphatic carbocycles. The summed E-state index contributed by atoms with van der Waals surface area (Å²) in [5.74, 6) is 0. The first-order chi connectivity index (χ1) is 19.8. The first-order valence-corrected chi connectivity index (χ1v) is 13.6. The molecule has 2 nitrogen and oxygen atoms in total. The van der Waals surface area contributed by atoms with Crippen LogP contribution in [0.3, 0.4) is 0 Å². The van der Waals surface area contributed by atoms with Crippen molar-refractivity contribution >= 4 is 60.5 Å². The fourth-order valence-corrected chi connectivity index (χ4v) is 5.99. The molecular formula is C38H25NO. The molecule has 188 valence electrons. The van der Waals surface area contributed by atoms with Gasteiger partial charge in [0.15, 0.2) is 5.58 Å². The number of nitrogens with zero attached hydrogens (tertiary/aromatic N) is 1. The smallest absolute Gasteiger partial charge is 0.160 e. The Morgan fingerprint density at radius 3 is 1.90 bits per heavy atom. The van der Waals surface area contributed by atoms with Crippen LogP contribution in [0.4, 0.5) is 17.1 Å². The second-order valence-corrected chi connectivity index (χ2v) is 10.2. The van der Waals surface area contributed by atoms with E-state index in [1.165, 1.54) is 32.7 Å². The first kappa shape index (κ1) is 22.6. The summed E-state index contributed by atoms with van der Waals surface area (Å²) < 4.78 is 6.62. The molecule has 8 rings (SSSR count). The summed E-state index contributed by atoms with van der Waals surface area (Å²) in [5.41, 5.74) is 7.40. The van der Waals surface area contributed by atoms with Crippen LogP contribution in [0.5, 0.6) is 0 Å². The molecule has 0 aliphatic heterocycles. The Hall–Kier alpha value is -5.34. The van der Waals surface area contributed by atoms with Gasteiger partial charge in [-0.2, -0.15) is 0 Å². The van der Waals surface area contributed by atoms with Crippen LogP contribution in [0, 0.1) is 0 Å². The summed E-state index contributed by atoms with van der Waals surface area (Å²) in [6, 6.07) is 53.7. The van der Waals surface area contributed by atoms with Crippen LogP contribution in [-0.4, -0.2) is 0 Å². The number of benzene rings is 7. The van der Waals surface area contributed by atoms with Crippen LogP contribution in [0.15, 0.2) is 156 Å². The largest absolute Gasteiger partial charge is 0.454 e. The molecular weight excluding hydrogens is 486 g/mol. The van der Waals surface area contributed by atoms with Crippen LogP contribution < -0.4 is 4.90 Å². The molecule has 2 heteroatoms. The van der Waals surface area contributed by atoms with Crippen molar-refractivity contribution in [1.82, 2.24) is 0 Å². The van der Waals surface area contributed by atoms with Crippen molar-refractivity contribution in [1.29, 1.82) is 0 Å². The molecule has 0 bridgehead atoms. The Morgan fingerprint density at radius 2 is 1.07 bits per heavy atom. The zero-order valence-corrected chi connectivity index (χ0v) is 21.8. The van der Waals surface area contributed by atoms with Gasteiger partial charge in [0.05, 0.1) is 5.69 Å². The molecule has 0 unspecified atom stereocenters. The number of rotatable bonds is 4. The van der Waals surface area contributed by atoms with E-state index >= 15 is 0 Å². The molecule has 0 fully saturated rings. The summed E-state index contributed by atoms with van der Waals surface area (Å²) >= 11 is 0. The highest BCUT2D eigenvalue weighted by atomic mass is 16.3. The van der Waals surface area contributed by atoms with Gasteiger partial charge in [-0.05, 0) is 69.1 Å². The molecule has 0 spiro atoms. The van der Waals surface area contributed by atoms with Crippen molar-refractivity contribution in [3.63, 3.8) is 0 Å². The zero-order chi connectivity index (χ0) is 26.5. The van der Waals surface area contributed by atoms with Crippen LogP contribution in [0.1, 0.15) is 0 Å². The third-order valence-corrected chi connectivity index (χ3v) is 7.83. The second kappa shape index (κ2) is 9.14. The molecule has 0 saturated heterocycles. The van der Waals surface area contributed by atoms with Gasteiger partial charge in [-0.3, -0.25) is 0 Å². The first-order valence-electron chi connectivity index (χ1n) is 13.6. The van der Waals surface area contributed by atoms with Gasteiger partial charge in [-0.15, -0.1) is 0 Å². The third-order valence-electron chi connectivity index (χ3n) is 7.83. The highest BCUT2D eigenvalue weighted by Gasteiger charge is 2.21. The minimum absolute atomic E-state index is 0.891. The summed E-state index contributed by atoms with van der Waals surface area (Å²) in [4.78, 5) is 2.31. The topological polar surface area (TPSA) is 16.4 Å². The maximum atomic E-state index is 6.62. The van der Waals surface area contributed by atoms with Crippen molar-refractivity contribution in [3.8, 4) is 11.1 Å².